The van der Waals surface area contributed by atoms with Crippen LogP contribution in [0.4, 0.5) is 0 Å². The van der Waals surface area contributed by atoms with E-state index in [1.165, 1.54) is 6.33 Å². The fourth-order valence-electron chi connectivity index (χ4n) is 1.85. The molecule has 0 aliphatic carbocycles. The fourth-order valence-corrected chi connectivity index (χ4v) is 1.85. The normalized spacial score (nSPS) is 11.1. The van der Waals surface area contributed by atoms with Gasteiger partial charge in [-0.3, -0.25) is 5.10 Å². The highest BCUT2D eigenvalue weighted by Gasteiger charge is 2.00. The van der Waals surface area contributed by atoms with Gasteiger partial charge in [-0.2, -0.15) is 5.10 Å². The molecule has 0 amide bonds. The standard InChI is InChI=1S/C12H14N6/c1-2-6-18-8-10(16-12(18)3-1)7-13-5-4-11-14-9-15-17-11/h1-3,6,8-9,13H,4-5,7H2,(H,14,15,17). The summed E-state index contributed by atoms with van der Waals surface area (Å²) in [5, 5.41) is 9.98. The van der Waals surface area contributed by atoms with Crippen LogP contribution in [0.25, 0.3) is 5.65 Å². The Bertz CT molecular complexity index is 579. The summed E-state index contributed by atoms with van der Waals surface area (Å²) in [5.74, 6) is 0.900. The van der Waals surface area contributed by atoms with E-state index in [9.17, 15) is 0 Å². The topological polar surface area (TPSA) is 70.9 Å². The van der Waals surface area contributed by atoms with Gasteiger partial charge in [0.1, 0.15) is 17.8 Å². The first-order valence-corrected chi connectivity index (χ1v) is 5.89. The molecule has 0 saturated carbocycles. The van der Waals surface area contributed by atoms with Crippen molar-refractivity contribution < 1.29 is 0 Å². The van der Waals surface area contributed by atoms with Crippen molar-refractivity contribution in [3.05, 3.63) is 48.4 Å². The first-order chi connectivity index (χ1) is 8.92. The number of hydrogen-bond donors (Lipinski definition) is 2. The molecule has 0 atom stereocenters. The van der Waals surface area contributed by atoms with Crippen LogP contribution in [-0.4, -0.2) is 31.1 Å². The molecule has 2 N–H and O–H groups in total. The maximum Gasteiger partial charge on any atom is 0.137 e. The number of pyridine rings is 1. The molecule has 0 radical (unpaired) electrons. The lowest BCUT2D eigenvalue weighted by Crippen LogP contribution is -2.17. The lowest BCUT2D eigenvalue weighted by molar-refractivity contribution is 0.663. The van der Waals surface area contributed by atoms with Crippen LogP contribution in [-0.2, 0) is 13.0 Å². The van der Waals surface area contributed by atoms with Crippen molar-refractivity contribution in [1.82, 2.24) is 29.9 Å². The van der Waals surface area contributed by atoms with Crippen LogP contribution < -0.4 is 5.32 Å². The Hall–Kier alpha value is -2.21. The summed E-state index contributed by atoms with van der Waals surface area (Å²) >= 11 is 0. The maximum absolute atomic E-state index is 4.51. The van der Waals surface area contributed by atoms with E-state index in [4.69, 9.17) is 0 Å². The van der Waals surface area contributed by atoms with Gasteiger partial charge in [-0.25, -0.2) is 9.97 Å². The zero-order chi connectivity index (χ0) is 12.2. The van der Waals surface area contributed by atoms with Crippen molar-refractivity contribution >= 4 is 5.65 Å². The SMILES string of the molecule is c1ccn2cc(CNCCc3ncn[nH]3)nc2c1. The molecule has 0 aliphatic heterocycles. The summed E-state index contributed by atoms with van der Waals surface area (Å²) in [6, 6.07) is 5.98. The molecule has 18 heavy (non-hydrogen) atoms. The molecule has 0 aliphatic rings. The average Bonchev–Trinajstić information content (AvgIpc) is 3.03. The molecule has 6 heteroatoms. The molecule has 0 saturated heterocycles. The van der Waals surface area contributed by atoms with Gasteiger partial charge in [-0.15, -0.1) is 0 Å². The molecule has 3 aromatic heterocycles. The predicted molar refractivity (Wildman–Crippen MR) is 67.0 cm³/mol. The molecule has 0 bridgehead atoms. The van der Waals surface area contributed by atoms with Crippen LogP contribution in [0.2, 0.25) is 0 Å². The first-order valence-electron chi connectivity index (χ1n) is 5.89. The largest absolute Gasteiger partial charge is 0.311 e. The van der Waals surface area contributed by atoms with Gasteiger partial charge in [0, 0.05) is 31.9 Å². The molecule has 0 fully saturated rings. The summed E-state index contributed by atoms with van der Waals surface area (Å²) in [6.07, 6.45) is 6.40. The molecule has 0 spiro atoms. The van der Waals surface area contributed by atoms with E-state index < -0.39 is 0 Å². The third-order valence-electron chi connectivity index (χ3n) is 2.72. The number of rotatable bonds is 5. The van der Waals surface area contributed by atoms with Crippen molar-refractivity contribution in [1.29, 1.82) is 0 Å². The summed E-state index contributed by atoms with van der Waals surface area (Å²) in [4.78, 5) is 8.58. The number of aromatic amines is 1. The Labute approximate surface area is 104 Å². The Kier molecular flexibility index (Phi) is 3.01. The van der Waals surface area contributed by atoms with E-state index in [-0.39, 0.29) is 0 Å². The number of imidazole rings is 1. The zero-order valence-electron chi connectivity index (χ0n) is 9.87. The quantitative estimate of drug-likeness (QED) is 0.649. The van der Waals surface area contributed by atoms with Gasteiger partial charge < -0.3 is 9.72 Å². The Morgan fingerprint density at radius 1 is 1.33 bits per heavy atom. The summed E-state index contributed by atoms with van der Waals surface area (Å²) in [6.45, 7) is 1.61. The van der Waals surface area contributed by atoms with Gasteiger partial charge >= 0.3 is 0 Å². The average molecular weight is 242 g/mol. The molecule has 3 rings (SSSR count). The molecular formula is C12H14N6. The number of H-pyrrole nitrogens is 1. The first kappa shape index (κ1) is 10.9. The van der Waals surface area contributed by atoms with E-state index in [1.807, 2.05) is 35.0 Å². The number of aromatic nitrogens is 5. The minimum Gasteiger partial charge on any atom is -0.311 e. The van der Waals surface area contributed by atoms with E-state index in [0.29, 0.717) is 0 Å². The number of hydrogen-bond acceptors (Lipinski definition) is 4. The molecule has 3 aromatic rings. The lowest BCUT2D eigenvalue weighted by atomic mass is 10.4. The number of nitrogens with one attached hydrogen (secondary N) is 2. The van der Waals surface area contributed by atoms with Crippen LogP contribution in [0.5, 0.6) is 0 Å². The van der Waals surface area contributed by atoms with Gasteiger partial charge in [0.2, 0.25) is 0 Å². The molecular weight excluding hydrogens is 228 g/mol. The highest BCUT2D eigenvalue weighted by atomic mass is 15.2. The Morgan fingerprint density at radius 2 is 2.33 bits per heavy atom. The van der Waals surface area contributed by atoms with Crippen molar-refractivity contribution in [2.45, 2.75) is 13.0 Å². The molecule has 0 aromatic carbocycles. The van der Waals surface area contributed by atoms with Gasteiger partial charge in [0.25, 0.3) is 0 Å². The van der Waals surface area contributed by atoms with Crippen LogP contribution in [0.1, 0.15) is 11.5 Å². The van der Waals surface area contributed by atoms with E-state index in [2.05, 4.69) is 25.5 Å². The molecule has 0 unspecified atom stereocenters. The van der Waals surface area contributed by atoms with Gasteiger partial charge in [0.15, 0.2) is 0 Å². The Balaban J connectivity index is 1.53. The van der Waals surface area contributed by atoms with Gasteiger partial charge in [-0.05, 0) is 12.1 Å². The number of nitrogens with zero attached hydrogens (tertiary/aromatic N) is 4. The molecule has 3 heterocycles. The monoisotopic (exact) mass is 242 g/mol. The van der Waals surface area contributed by atoms with Gasteiger partial charge in [-0.1, -0.05) is 6.07 Å². The second-order valence-electron chi connectivity index (χ2n) is 4.06. The second kappa shape index (κ2) is 4.97. The number of fused-ring (bicyclic) bond motifs is 1. The van der Waals surface area contributed by atoms with Crippen molar-refractivity contribution in [2.75, 3.05) is 6.54 Å². The smallest absolute Gasteiger partial charge is 0.137 e. The fraction of sp³-hybridized carbons (Fsp3) is 0.250. The van der Waals surface area contributed by atoms with Gasteiger partial charge in [0.05, 0.1) is 5.69 Å². The van der Waals surface area contributed by atoms with Crippen LogP contribution >= 0.6 is 0 Å². The van der Waals surface area contributed by atoms with Crippen molar-refractivity contribution in [2.24, 2.45) is 0 Å². The lowest BCUT2D eigenvalue weighted by Gasteiger charge is -1.99. The van der Waals surface area contributed by atoms with Crippen LogP contribution in [0.3, 0.4) is 0 Å². The van der Waals surface area contributed by atoms with Crippen LogP contribution in [0.15, 0.2) is 36.9 Å². The predicted octanol–water partition coefficient (Wildman–Crippen LogP) is 0.785. The summed E-state index contributed by atoms with van der Waals surface area (Å²) in [5.41, 5.74) is 2.02. The second-order valence-corrected chi connectivity index (χ2v) is 4.06. The van der Waals surface area contributed by atoms with Crippen molar-refractivity contribution in [3.63, 3.8) is 0 Å². The molecule has 92 valence electrons. The minimum atomic E-state index is 0.760. The van der Waals surface area contributed by atoms with E-state index in [1.54, 1.807) is 0 Å². The maximum atomic E-state index is 4.51. The summed E-state index contributed by atoms with van der Waals surface area (Å²) in [7, 11) is 0. The third kappa shape index (κ3) is 2.38. The van der Waals surface area contributed by atoms with Crippen LogP contribution in [0, 0.1) is 0 Å². The Morgan fingerprint density at radius 3 is 3.17 bits per heavy atom. The highest BCUT2D eigenvalue weighted by molar-refractivity contribution is 5.39. The van der Waals surface area contributed by atoms with Crippen molar-refractivity contribution in [3.8, 4) is 0 Å². The third-order valence-corrected chi connectivity index (χ3v) is 2.72. The van der Waals surface area contributed by atoms with E-state index >= 15 is 0 Å². The zero-order valence-corrected chi connectivity index (χ0v) is 9.87. The van der Waals surface area contributed by atoms with E-state index in [0.717, 1.165) is 36.7 Å². The summed E-state index contributed by atoms with van der Waals surface area (Å²) < 4.78 is 2.02. The minimum absolute atomic E-state index is 0.760. The highest BCUT2D eigenvalue weighted by Crippen LogP contribution is 2.03. The molecule has 6 nitrogen and oxygen atoms in total.